The van der Waals surface area contributed by atoms with Crippen molar-refractivity contribution in [3.8, 4) is 17.0 Å². The Bertz CT molecular complexity index is 1000. The lowest BCUT2D eigenvalue weighted by atomic mass is 10.1. The van der Waals surface area contributed by atoms with Gasteiger partial charge in [-0.3, -0.25) is 4.79 Å². The van der Waals surface area contributed by atoms with E-state index < -0.39 is 0 Å². The molecule has 0 N–H and O–H groups in total. The van der Waals surface area contributed by atoms with Gasteiger partial charge in [0.15, 0.2) is 6.61 Å². The van der Waals surface area contributed by atoms with Crippen LogP contribution in [0.25, 0.3) is 11.3 Å². The van der Waals surface area contributed by atoms with Crippen LogP contribution >= 0.6 is 11.6 Å². The fourth-order valence-corrected chi connectivity index (χ4v) is 3.48. The van der Waals surface area contributed by atoms with Crippen LogP contribution in [0.5, 0.6) is 5.75 Å². The highest BCUT2D eigenvalue weighted by Crippen LogP contribution is 2.22. The highest BCUT2D eigenvalue weighted by atomic mass is 35.5. The summed E-state index contributed by atoms with van der Waals surface area (Å²) in [6.07, 6.45) is 1.60. The molecule has 3 aromatic rings. The molecule has 0 unspecified atom stereocenters. The number of halogens is 1. The molecule has 1 amide bonds. The van der Waals surface area contributed by atoms with Gasteiger partial charge < -0.3 is 14.5 Å². The van der Waals surface area contributed by atoms with Gasteiger partial charge in [-0.2, -0.15) is 0 Å². The minimum absolute atomic E-state index is 0.0205. The number of anilines is 1. The molecular weight excluding hydrogens is 400 g/mol. The van der Waals surface area contributed by atoms with Gasteiger partial charge in [0.1, 0.15) is 17.9 Å². The summed E-state index contributed by atoms with van der Waals surface area (Å²) in [5.41, 5.74) is 3.18. The molecule has 0 aliphatic carbocycles. The van der Waals surface area contributed by atoms with Crippen molar-refractivity contribution in [2.24, 2.45) is 0 Å². The highest BCUT2D eigenvalue weighted by Gasteiger charge is 2.22. The van der Waals surface area contributed by atoms with Gasteiger partial charge in [0, 0.05) is 42.8 Å². The van der Waals surface area contributed by atoms with Crippen LogP contribution in [0.4, 0.5) is 5.82 Å². The topological polar surface area (TPSA) is 58.6 Å². The van der Waals surface area contributed by atoms with Crippen molar-refractivity contribution in [1.82, 2.24) is 14.9 Å². The number of ether oxygens (including phenoxy) is 1. The third-order valence-electron chi connectivity index (χ3n) is 5.13. The van der Waals surface area contributed by atoms with E-state index in [1.165, 1.54) is 5.56 Å². The van der Waals surface area contributed by atoms with Crippen LogP contribution in [0.1, 0.15) is 5.56 Å². The van der Waals surface area contributed by atoms with Crippen LogP contribution in [0, 0.1) is 6.92 Å². The summed E-state index contributed by atoms with van der Waals surface area (Å²) in [4.78, 5) is 25.3. The van der Waals surface area contributed by atoms with Crippen LogP contribution in [0.15, 0.2) is 60.9 Å². The van der Waals surface area contributed by atoms with Crippen molar-refractivity contribution < 1.29 is 9.53 Å². The average molecular weight is 423 g/mol. The van der Waals surface area contributed by atoms with Crippen molar-refractivity contribution in [1.29, 1.82) is 0 Å². The molecule has 1 aromatic heterocycles. The Morgan fingerprint density at radius 3 is 2.40 bits per heavy atom. The number of aryl methyl sites for hydroxylation is 1. The molecule has 0 bridgehead atoms. The predicted octanol–water partition coefficient (Wildman–Crippen LogP) is 3.83. The van der Waals surface area contributed by atoms with E-state index in [4.69, 9.17) is 16.3 Å². The maximum absolute atomic E-state index is 12.5. The maximum atomic E-state index is 12.5. The number of piperazine rings is 1. The molecule has 154 valence electrons. The second-order valence-electron chi connectivity index (χ2n) is 7.24. The molecular formula is C23H23ClN4O2. The number of nitrogens with zero attached hydrogens (tertiary/aromatic N) is 4. The van der Waals surface area contributed by atoms with Gasteiger partial charge >= 0.3 is 0 Å². The summed E-state index contributed by atoms with van der Waals surface area (Å²) >= 11 is 5.87. The van der Waals surface area contributed by atoms with Gasteiger partial charge in [-0.25, -0.2) is 9.97 Å². The molecule has 0 saturated carbocycles. The SMILES string of the molecule is Cc1ccc(-c2cc(N3CCN(C(=O)COc4ccc(Cl)cc4)CC3)ncn2)cc1. The summed E-state index contributed by atoms with van der Waals surface area (Å²) in [5, 5.41) is 0.639. The lowest BCUT2D eigenvalue weighted by molar-refractivity contribution is -0.133. The first-order valence-corrected chi connectivity index (χ1v) is 10.3. The smallest absolute Gasteiger partial charge is 0.260 e. The van der Waals surface area contributed by atoms with E-state index in [-0.39, 0.29) is 12.5 Å². The molecule has 1 fully saturated rings. The third kappa shape index (κ3) is 4.89. The van der Waals surface area contributed by atoms with E-state index in [1.54, 1.807) is 30.6 Å². The number of carbonyl (C=O) groups is 1. The molecule has 4 rings (SSSR count). The first kappa shape index (κ1) is 20.2. The van der Waals surface area contributed by atoms with Crippen molar-refractivity contribution >= 4 is 23.3 Å². The van der Waals surface area contributed by atoms with Crippen molar-refractivity contribution in [3.05, 3.63) is 71.5 Å². The van der Waals surface area contributed by atoms with Crippen LogP contribution in [0.2, 0.25) is 5.02 Å². The molecule has 1 aliphatic heterocycles. The second kappa shape index (κ2) is 9.13. The zero-order chi connectivity index (χ0) is 20.9. The molecule has 0 atom stereocenters. The fourth-order valence-electron chi connectivity index (χ4n) is 3.35. The zero-order valence-electron chi connectivity index (χ0n) is 16.8. The molecule has 1 saturated heterocycles. The zero-order valence-corrected chi connectivity index (χ0v) is 17.5. The number of rotatable bonds is 5. The van der Waals surface area contributed by atoms with E-state index in [0.29, 0.717) is 23.9 Å². The molecule has 0 radical (unpaired) electrons. The highest BCUT2D eigenvalue weighted by molar-refractivity contribution is 6.30. The number of hydrogen-bond acceptors (Lipinski definition) is 5. The van der Waals surface area contributed by atoms with Crippen molar-refractivity contribution in [3.63, 3.8) is 0 Å². The molecule has 30 heavy (non-hydrogen) atoms. The Hall–Kier alpha value is -3.12. The minimum Gasteiger partial charge on any atom is -0.484 e. The van der Waals surface area contributed by atoms with Gasteiger partial charge in [-0.15, -0.1) is 0 Å². The molecule has 2 heterocycles. The lowest BCUT2D eigenvalue weighted by Crippen LogP contribution is -2.50. The molecule has 7 heteroatoms. The van der Waals surface area contributed by atoms with E-state index in [0.717, 1.165) is 30.2 Å². The molecule has 0 spiro atoms. The Kier molecular flexibility index (Phi) is 6.14. The van der Waals surface area contributed by atoms with Crippen molar-refractivity contribution in [2.75, 3.05) is 37.7 Å². The summed E-state index contributed by atoms with van der Waals surface area (Å²) in [5.74, 6) is 1.49. The van der Waals surface area contributed by atoms with E-state index in [2.05, 4.69) is 46.1 Å². The second-order valence-corrected chi connectivity index (χ2v) is 7.67. The molecule has 2 aromatic carbocycles. The number of benzene rings is 2. The summed E-state index contributed by atoms with van der Waals surface area (Å²) in [7, 11) is 0. The first-order chi connectivity index (χ1) is 14.6. The van der Waals surface area contributed by atoms with Crippen molar-refractivity contribution in [2.45, 2.75) is 6.92 Å². The normalized spacial score (nSPS) is 13.9. The third-order valence-corrected chi connectivity index (χ3v) is 5.38. The summed E-state index contributed by atoms with van der Waals surface area (Å²) < 4.78 is 5.58. The standard InChI is InChI=1S/C23H23ClN4O2/c1-17-2-4-18(5-3-17)21-14-22(26-16-25-21)27-10-12-28(13-11-27)23(29)15-30-20-8-6-19(24)7-9-20/h2-9,14,16H,10-13,15H2,1H3. The maximum Gasteiger partial charge on any atom is 0.260 e. The van der Waals surface area contributed by atoms with E-state index in [1.807, 2.05) is 11.0 Å². The average Bonchev–Trinajstić information content (AvgIpc) is 2.79. The van der Waals surface area contributed by atoms with Gasteiger partial charge in [0.05, 0.1) is 5.69 Å². The number of hydrogen-bond donors (Lipinski definition) is 0. The van der Waals surface area contributed by atoms with Crippen LogP contribution in [0.3, 0.4) is 0 Å². The van der Waals surface area contributed by atoms with Gasteiger partial charge in [0.25, 0.3) is 5.91 Å². The minimum atomic E-state index is -0.0207. The lowest BCUT2D eigenvalue weighted by Gasteiger charge is -2.35. The van der Waals surface area contributed by atoms with E-state index in [9.17, 15) is 4.79 Å². The Morgan fingerprint density at radius 1 is 1.00 bits per heavy atom. The summed E-state index contributed by atoms with van der Waals surface area (Å²) in [6.45, 7) is 4.79. The van der Waals surface area contributed by atoms with Crippen LogP contribution in [-0.4, -0.2) is 53.6 Å². The van der Waals surface area contributed by atoms with Gasteiger partial charge in [0.2, 0.25) is 0 Å². The Labute approximate surface area is 181 Å². The largest absolute Gasteiger partial charge is 0.484 e. The van der Waals surface area contributed by atoms with Gasteiger partial charge in [-0.05, 0) is 31.2 Å². The number of aromatic nitrogens is 2. The van der Waals surface area contributed by atoms with Crippen LogP contribution in [-0.2, 0) is 4.79 Å². The fraction of sp³-hybridized carbons (Fsp3) is 0.261. The summed E-state index contributed by atoms with van der Waals surface area (Å²) in [6, 6.07) is 17.3. The molecule has 1 aliphatic rings. The number of carbonyl (C=O) groups excluding carboxylic acids is 1. The quantitative estimate of drug-likeness (QED) is 0.625. The number of amides is 1. The van der Waals surface area contributed by atoms with Gasteiger partial charge in [-0.1, -0.05) is 41.4 Å². The Morgan fingerprint density at radius 2 is 1.70 bits per heavy atom. The first-order valence-electron chi connectivity index (χ1n) is 9.89. The predicted molar refractivity (Wildman–Crippen MR) is 118 cm³/mol. The monoisotopic (exact) mass is 422 g/mol. The van der Waals surface area contributed by atoms with Crippen LogP contribution < -0.4 is 9.64 Å². The Balaban J connectivity index is 1.33. The van der Waals surface area contributed by atoms with E-state index >= 15 is 0 Å². The molecule has 6 nitrogen and oxygen atoms in total.